The number of rotatable bonds is 4. The number of carbonyl (C=O) groups excluding carboxylic acids is 3. The van der Waals surface area contributed by atoms with Crippen molar-refractivity contribution >= 4 is 17.9 Å². The maximum Gasteiger partial charge on any atom is 0.409 e. The van der Waals surface area contributed by atoms with Gasteiger partial charge in [-0.3, -0.25) is 9.59 Å². The second-order valence-corrected chi connectivity index (χ2v) is 7.36. The van der Waals surface area contributed by atoms with E-state index in [9.17, 15) is 14.4 Å². The quantitative estimate of drug-likeness (QED) is 0.861. The first-order chi connectivity index (χ1) is 13.6. The van der Waals surface area contributed by atoms with E-state index >= 15 is 0 Å². The van der Waals surface area contributed by atoms with Gasteiger partial charge in [-0.2, -0.15) is 0 Å². The van der Waals surface area contributed by atoms with Gasteiger partial charge in [0.25, 0.3) is 11.8 Å². The molecule has 2 saturated heterocycles. The van der Waals surface area contributed by atoms with Crippen LogP contribution < -0.4 is 5.32 Å². The number of amides is 3. The zero-order valence-electron chi connectivity index (χ0n) is 16.5. The monoisotopic (exact) mass is 387 g/mol. The highest BCUT2D eigenvalue weighted by atomic mass is 16.6. The number of likely N-dealkylation sites (tertiary alicyclic amines) is 2. The Hall–Kier alpha value is -2.57. The minimum absolute atomic E-state index is 0.0350. The molecule has 0 spiro atoms. The number of benzene rings is 1. The highest BCUT2D eigenvalue weighted by Gasteiger charge is 2.25. The molecule has 3 amide bonds. The van der Waals surface area contributed by atoms with Crippen LogP contribution in [0.5, 0.6) is 0 Å². The standard InChI is InChI=1S/C21H29N3O4/c1-2-28-21(27)24-14-10-18(11-15-24)22-19(25)16-6-8-17(9-7-16)20(26)23-12-4-3-5-13-23/h6-9,18H,2-5,10-15H2,1H3,(H,22,25). The molecule has 7 nitrogen and oxygen atoms in total. The summed E-state index contributed by atoms with van der Waals surface area (Å²) in [6.07, 6.45) is 4.41. The zero-order chi connectivity index (χ0) is 19.9. The molecular formula is C21H29N3O4. The molecule has 2 heterocycles. The molecule has 0 aliphatic carbocycles. The van der Waals surface area contributed by atoms with Crippen molar-refractivity contribution in [2.75, 3.05) is 32.8 Å². The Kier molecular flexibility index (Phi) is 6.90. The van der Waals surface area contributed by atoms with Crippen molar-refractivity contribution in [3.63, 3.8) is 0 Å². The van der Waals surface area contributed by atoms with Crippen LogP contribution in [0.4, 0.5) is 4.79 Å². The molecule has 0 bridgehead atoms. The molecule has 1 aromatic rings. The molecule has 2 aliphatic rings. The minimum atomic E-state index is -0.291. The lowest BCUT2D eigenvalue weighted by Crippen LogP contribution is -2.46. The molecule has 0 atom stereocenters. The fraction of sp³-hybridized carbons (Fsp3) is 0.571. The third kappa shape index (κ3) is 5.03. The van der Waals surface area contributed by atoms with E-state index in [2.05, 4.69) is 5.32 Å². The third-order valence-electron chi connectivity index (χ3n) is 5.39. The highest BCUT2D eigenvalue weighted by molar-refractivity contribution is 5.98. The van der Waals surface area contributed by atoms with Crippen LogP contribution in [0, 0.1) is 0 Å². The van der Waals surface area contributed by atoms with Gasteiger partial charge in [0.05, 0.1) is 6.61 Å². The van der Waals surface area contributed by atoms with Gasteiger partial charge in [-0.05, 0) is 63.3 Å². The van der Waals surface area contributed by atoms with Crippen molar-refractivity contribution in [3.8, 4) is 0 Å². The SMILES string of the molecule is CCOC(=O)N1CCC(NC(=O)c2ccc(C(=O)N3CCCCC3)cc2)CC1. The summed E-state index contributed by atoms with van der Waals surface area (Å²) in [4.78, 5) is 40.3. The van der Waals surface area contributed by atoms with Gasteiger partial charge in [0.1, 0.15) is 0 Å². The molecule has 0 unspecified atom stereocenters. The molecule has 28 heavy (non-hydrogen) atoms. The Morgan fingerprint density at radius 2 is 1.54 bits per heavy atom. The van der Waals surface area contributed by atoms with Gasteiger partial charge in [0.2, 0.25) is 0 Å². The van der Waals surface area contributed by atoms with Crippen molar-refractivity contribution in [3.05, 3.63) is 35.4 Å². The zero-order valence-corrected chi connectivity index (χ0v) is 16.5. The van der Waals surface area contributed by atoms with Crippen molar-refractivity contribution in [2.45, 2.75) is 45.1 Å². The first kappa shape index (κ1) is 20.2. The second kappa shape index (κ2) is 9.57. The van der Waals surface area contributed by atoms with Crippen molar-refractivity contribution < 1.29 is 19.1 Å². The fourth-order valence-electron chi connectivity index (χ4n) is 3.73. The lowest BCUT2D eigenvalue weighted by Gasteiger charge is -2.31. The number of nitrogens with zero attached hydrogens (tertiary/aromatic N) is 2. The molecular weight excluding hydrogens is 358 g/mol. The molecule has 0 aromatic heterocycles. The van der Waals surface area contributed by atoms with Crippen molar-refractivity contribution in [2.24, 2.45) is 0 Å². The molecule has 1 aromatic carbocycles. The van der Waals surface area contributed by atoms with Gasteiger partial charge in [-0.25, -0.2) is 4.79 Å². The first-order valence-corrected chi connectivity index (χ1v) is 10.2. The summed E-state index contributed by atoms with van der Waals surface area (Å²) in [5, 5.41) is 3.03. The predicted molar refractivity (Wildman–Crippen MR) is 105 cm³/mol. The number of nitrogens with one attached hydrogen (secondary N) is 1. The molecule has 0 radical (unpaired) electrons. The number of hydrogen-bond donors (Lipinski definition) is 1. The highest BCUT2D eigenvalue weighted by Crippen LogP contribution is 2.15. The number of piperidine rings is 2. The minimum Gasteiger partial charge on any atom is -0.450 e. The van der Waals surface area contributed by atoms with E-state index in [-0.39, 0.29) is 23.9 Å². The maximum absolute atomic E-state index is 12.5. The Balaban J connectivity index is 1.50. The van der Waals surface area contributed by atoms with Gasteiger partial charge >= 0.3 is 6.09 Å². The Labute approximate surface area is 166 Å². The van der Waals surface area contributed by atoms with Gasteiger partial charge < -0.3 is 19.9 Å². The van der Waals surface area contributed by atoms with Crippen LogP contribution in [0.15, 0.2) is 24.3 Å². The molecule has 1 N–H and O–H groups in total. The average molecular weight is 387 g/mol. The van der Waals surface area contributed by atoms with Gasteiger partial charge in [-0.15, -0.1) is 0 Å². The summed E-state index contributed by atoms with van der Waals surface area (Å²) < 4.78 is 5.01. The van der Waals surface area contributed by atoms with E-state index in [0.29, 0.717) is 43.7 Å². The van der Waals surface area contributed by atoms with E-state index in [4.69, 9.17) is 4.74 Å². The van der Waals surface area contributed by atoms with Crippen LogP contribution in [0.2, 0.25) is 0 Å². The van der Waals surface area contributed by atoms with Gasteiger partial charge in [0, 0.05) is 43.3 Å². The first-order valence-electron chi connectivity index (χ1n) is 10.2. The smallest absolute Gasteiger partial charge is 0.409 e. The van der Waals surface area contributed by atoms with Crippen LogP contribution in [0.25, 0.3) is 0 Å². The van der Waals surface area contributed by atoms with Crippen LogP contribution >= 0.6 is 0 Å². The fourth-order valence-corrected chi connectivity index (χ4v) is 3.73. The largest absolute Gasteiger partial charge is 0.450 e. The Morgan fingerprint density at radius 1 is 0.929 bits per heavy atom. The average Bonchev–Trinajstić information content (AvgIpc) is 2.74. The summed E-state index contributed by atoms with van der Waals surface area (Å²) in [5.41, 5.74) is 1.17. The van der Waals surface area contributed by atoms with Crippen LogP contribution in [-0.4, -0.2) is 66.5 Å². The van der Waals surface area contributed by atoms with Crippen molar-refractivity contribution in [1.29, 1.82) is 0 Å². The van der Waals surface area contributed by atoms with E-state index in [1.165, 1.54) is 6.42 Å². The summed E-state index contributed by atoms with van der Waals surface area (Å²) >= 11 is 0. The topological polar surface area (TPSA) is 79.0 Å². The summed E-state index contributed by atoms with van der Waals surface area (Å²) in [6.45, 7) is 4.93. The van der Waals surface area contributed by atoms with E-state index in [1.54, 1.807) is 36.1 Å². The summed E-state index contributed by atoms with van der Waals surface area (Å²) in [5.74, 6) is -0.107. The molecule has 152 valence electrons. The van der Waals surface area contributed by atoms with Crippen LogP contribution in [-0.2, 0) is 4.74 Å². The predicted octanol–water partition coefficient (Wildman–Crippen LogP) is 2.66. The molecule has 2 fully saturated rings. The lowest BCUT2D eigenvalue weighted by atomic mass is 10.0. The summed E-state index contributed by atoms with van der Waals surface area (Å²) in [7, 11) is 0. The molecule has 0 saturated carbocycles. The van der Waals surface area contributed by atoms with E-state index in [1.807, 2.05) is 4.90 Å². The normalized spacial score (nSPS) is 17.9. The number of ether oxygens (including phenoxy) is 1. The summed E-state index contributed by atoms with van der Waals surface area (Å²) in [6, 6.07) is 6.91. The Morgan fingerprint density at radius 3 is 2.14 bits per heavy atom. The molecule has 2 aliphatic heterocycles. The number of hydrogen-bond acceptors (Lipinski definition) is 4. The van der Waals surface area contributed by atoms with E-state index in [0.717, 1.165) is 25.9 Å². The molecule has 3 rings (SSSR count). The van der Waals surface area contributed by atoms with E-state index < -0.39 is 0 Å². The molecule has 7 heteroatoms. The lowest BCUT2D eigenvalue weighted by molar-refractivity contribution is 0.0723. The van der Waals surface area contributed by atoms with Gasteiger partial charge in [-0.1, -0.05) is 0 Å². The Bertz CT molecular complexity index is 690. The number of carbonyl (C=O) groups is 3. The van der Waals surface area contributed by atoms with Crippen molar-refractivity contribution in [1.82, 2.24) is 15.1 Å². The van der Waals surface area contributed by atoms with Crippen LogP contribution in [0.1, 0.15) is 59.7 Å². The second-order valence-electron chi connectivity index (χ2n) is 7.36. The van der Waals surface area contributed by atoms with Crippen LogP contribution in [0.3, 0.4) is 0 Å². The maximum atomic E-state index is 12.5. The van der Waals surface area contributed by atoms with Gasteiger partial charge in [0.15, 0.2) is 0 Å². The third-order valence-corrected chi connectivity index (χ3v) is 5.39.